The fourth-order valence-electron chi connectivity index (χ4n) is 0.918. The summed E-state index contributed by atoms with van der Waals surface area (Å²) in [5.74, 6) is 0. The van der Waals surface area contributed by atoms with Gasteiger partial charge in [0.25, 0.3) is 20.2 Å². The van der Waals surface area contributed by atoms with E-state index in [-0.39, 0.29) is 4.90 Å². The first-order valence-electron chi connectivity index (χ1n) is 3.84. The van der Waals surface area contributed by atoms with Crippen LogP contribution in [0.4, 0.5) is 0 Å². The minimum atomic E-state index is -4.28. The molecular weight excluding hydrogens is 240 g/mol. The number of benzene rings is 1. The molecule has 0 bridgehead atoms. The van der Waals surface area contributed by atoms with E-state index in [1.54, 1.807) is 19.1 Å². The Morgan fingerprint density at radius 3 is 1.93 bits per heavy atom. The number of rotatable bonds is 3. The average Bonchev–Trinajstić information content (AvgIpc) is 2.00. The lowest BCUT2D eigenvalue weighted by molar-refractivity contribution is 0.578. The van der Waals surface area contributed by atoms with Crippen molar-refractivity contribution in [3.8, 4) is 0 Å². The summed E-state index contributed by atoms with van der Waals surface area (Å²) in [6.07, 6.45) is 0. The van der Waals surface area contributed by atoms with Gasteiger partial charge in [-0.05, 0) is 19.1 Å². The minimum absolute atomic E-state index is 0.151. The van der Waals surface area contributed by atoms with E-state index >= 15 is 0 Å². The summed E-state index contributed by atoms with van der Waals surface area (Å²) in [6.45, 7) is 1.78. The van der Waals surface area contributed by atoms with Crippen LogP contribution in [0, 0.1) is 6.92 Å². The molecule has 0 aliphatic heterocycles. The first-order chi connectivity index (χ1) is 6.71. The maximum absolute atomic E-state index is 11.4. The largest absolute Gasteiger partial charge is 0.287 e. The zero-order valence-corrected chi connectivity index (χ0v) is 9.47. The van der Waals surface area contributed by atoms with Crippen molar-refractivity contribution in [3.63, 3.8) is 0 Å². The molecule has 0 aromatic heterocycles. The van der Waals surface area contributed by atoms with Gasteiger partial charge < -0.3 is 0 Å². The quantitative estimate of drug-likeness (QED) is 0.752. The molecule has 0 unspecified atom stereocenters. The van der Waals surface area contributed by atoms with Gasteiger partial charge in [0.2, 0.25) is 0 Å². The second kappa shape index (κ2) is 3.89. The van der Waals surface area contributed by atoms with E-state index < -0.39 is 20.2 Å². The maximum atomic E-state index is 11.4. The Morgan fingerprint density at radius 2 is 1.53 bits per heavy atom. The molecular formula is C7H10N2O4S2. The Labute approximate surface area is 88.3 Å². The molecule has 0 atom stereocenters. The van der Waals surface area contributed by atoms with Gasteiger partial charge in [-0.25, -0.2) is 13.6 Å². The molecule has 0 aliphatic rings. The van der Waals surface area contributed by atoms with Crippen LogP contribution in [0.1, 0.15) is 5.56 Å². The third kappa shape index (κ3) is 3.59. The summed E-state index contributed by atoms with van der Waals surface area (Å²) < 4.78 is 45.3. The van der Waals surface area contributed by atoms with E-state index in [0.717, 1.165) is 5.56 Å². The molecule has 0 heterocycles. The lowest BCUT2D eigenvalue weighted by Crippen LogP contribution is -2.35. The van der Waals surface area contributed by atoms with Crippen LogP contribution in [-0.4, -0.2) is 16.8 Å². The fraction of sp³-hybridized carbons (Fsp3) is 0.143. The first-order valence-corrected chi connectivity index (χ1v) is 6.87. The highest BCUT2D eigenvalue weighted by Crippen LogP contribution is 2.09. The Morgan fingerprint density at radius 1 is 1.07 bits per heavy atom. The summed E-state index contributed by atoms with van der Waals surface area (Å²) in [6, 6.07) is 5.70. The van der Waals surface area contributed by atoms with E-state index in [0.29, 0.717) is 0 Å². The Bertz CT molecular complexity index is 545. The summed E-state index contributed by atoms with van der Waals surface area (Å²) >= 11 is 0. The fourth-order valence-corrected chi connectivity index (χ4v) is 3.02. The number of nitrogens with two attached hydrogens (primary N) is 1. The molecule has 1 aromatic rings. The molecule has 84 valence electrons. The van der Waals surface area contributed by atoms with Crippen LogP contribution in [-0.2, 0) is 20.2 Å². The molecule has 0 spiro atoms. The Hall–Kier alpha value is -0.960. The van der Waals surface area contributed by atoms with Gasteiger partial charge in [-0.15, -0.1) is 0 Å². The van der Waals surface area contributed by atoms with Gasteiger partial charge in [0.15, 0.2) is 0 Å². The maximum Gasteiger partial charge on any atom is 0.287 e. The van der Waals surface area contributed by atoms with Crippen LogP contribution in [0.25, 0.3) is 0 Å². The van der Waals surface area contributed by atoms with Gasteiger partial charge in [0, 0.05) is 0 Å². The summed E-state index contributed by atoms with van der Waals surface area (Å²) in [5.41, 5.74) is 0.865. The Kier molecular flexibility index (Phi) is 3.14. The number of nitrogens with one attached hydrogen (secondary N) is 1. The third-order valence-electron chi connectivity index (χ3n) is 1.56. The molecule has 8 heteroatoms. The summed E-state index contributed by atoms with van der Waals surface area (Å²) in [4.78, 5) is -0.151. The number of sulfonamides is 1. The van der Waals surface area contributed by atoms with E-state index in [2.05, 4.69) is 5.14 Å². The van der Waals surface area contributed by atoms with Crippen LogP contribution in [0.5, 0.6) is 0 Å². The van der Waals surface area contributed by atoms with Crippen LogP contribution in [0.15, 0.2) is 29.2 Å². The normalized spacial score (nSPS) is 12.7. The molecule has 0 amide bonds. The predicted octanol–water partition coefficient (Wildman–Crippen LogP) is -0.523. The molecule has 1 rings (SSSR count). The van der Waals surface area contributed by atoms with Gasteiger partial charge >= 0.3 is 0 Å². The predicted molar refractivity (Wildman–Crippen MR) is 54.6 cm³/mol. The van der Waals surface area contributed by atoms with Crippen molar-refractivity contribution in [1.82, 2.24) is 4.13 Å². The van der Waals surface area contributed by atoms with Crippen molar-refractivity contribution in [2.75, 3.05) is 0 Å². The molecule has 1 aromatic carbocycles. The topological polar surface area (TPSA) is 106 Å². The molecule has 0 aliphatic carbocycles. The molecule has 6 nitrogen and oxygen atoms in total. The molecule has 0 saturated carbocycles. The van der Waals surface area contributed by atoms with Crippen molar-refractivity contribution < 1.29 is 16.8 Å². The lowest BCUT2D eigenvalue weighted by Gasteiger charge is -2.04. The number of hydrogen-bond donors (Lipinski definition) is 2. The average molecular weight is 250 g/mol. The lowest BCUT2D eigenvalue weighted by atomic mass is 10.2. The van der Waals surface area contributed by atoms with E-state index in [9.17, 15) is 16.8 Å². The van der Waals surface area contributed by atoms with Crippen LogP contribution < -0.4 is 9.27 Å². The van der Waals surface area contributed by atoms with Crippen LogP contribution >= 0.6 is 0 Å². The van der Waals surface area contributed by atoms with E-state index in [4.69, 9.17) is 0 Å². The second-order valence-electron chi connectivity index (χ2n) is 2.94. The highest BCUT2D eigenvalue weighted by molar-refractivity contribution is 8.03. The molecule has 15 heavy (non-hydrogen) atoms. The highest BCUT2D eigenvalue weighted by Gasteiger charge is 2.18. The molecule has 0 radical (unpaired) electrons. The standard InChI is InChI=1S/C7H10N2O4S2/c1-6-2-4-7(5-3-6)14(10,11)9-15(8,12)13/h2-5,9H,1H3,(H2,8,12,13). The smallest absolute Gasteiger partial charge is 0.215 e. The van der Waals surface area contributed by atoms with Gasteiger partial charge in [0.05, 0.1) is 4.90 Å². The van der Waals surface area contributed by atoms with Crippen molar-refractivity contribution in [2.45, 2.75) is 11.8 Å². The van der Waals surface area contributed by atoms with Gasteiger partial charge in [-0.2, -0.15) is 8.42 Å². The van der Waals surface area contributed by atoms with Gasteiger partial charge in [0.1, 0.15) is 0 Å². The van der Waals surface area contributed by atoms with E-state index in [1.165, 1.54) is 16.3 Å². The minimum Gasteiger partial charge on any atom is -0.215 e. The van der Waals surface area contributed by atoms with E-state index in [1.807, 2.05) is 0 Å². The number of aryl methyl sites for hydroxylation is 1. The van der Waals surface area contributed by atoms with Crippen molar-refractivity contribution in [2.24, 2.45) is 5.14 Å². The molecule has 0 saturated heterocycles. The van der Waals surface area contributed by atoms with Crippen LogP contribution in [0.3, 0.4) is 0 Å². The number of hydrogen-bond acceptors (Lipinski definition) is 4. The zero-order valence-electron chi connectivity index (χ0n) is 7.84. The summed E-state index contributed by atoms with van der Waals surface area (Å²) in [7, 11) is -8.38. The van der Waals surface area contributed by atoms with Crippen LogP contribution in [0.2, 0.25) is 0 Å². The van der Waals surface area contributed by atoms with Gasteiger partial charge in [-0.1, -0.05) is 21.8 Å². The second-order valence-corrected chi connectivity index (χ2v) is 6.18. The highest BCUT2D eigenvalue weighted by atomic mass is 32.3. The Balaban J connectivity index is 3.13. The van der Waals surface area contributed by atoms with Crippen molar-refractivity contribution in [1.29, 1.82) is 0 Å². The SMILES string of the molecule is Cc1ccc(S(=O)(=O)NS(N)(=O)=O)cc1. The first kappa shape index (κ1) is 12.1. The molecule has 0 fully saturated rings. The molecule has 3 N–H and O–H groups in total. The third-order valence-corrected chi connectivity index (χ3v) is 4.26. The monoisotopic (exact) mass is 250 g/mol. The van der Waals surface area contributed by atoms with Crippen molar-refractivity contribution >= 4 is 20.2 Å². The zero-order chi connectivity index (χ0) is 11.7. The van der Waals surface area contributed by atoms with Gasteiger partial charge in [-0.3, -0.25) is 0 Å². The van der Waals surface area contributed by atoms with Crippen molar-refractivity contribution in [3.05, 3.63) is 29.8 Å². The summed E-state index contributed by atoms with van der Waals surface area (Å²) in [5, 5.41) is 4.57.